The van der Waals surface area contributed by atoms with E-state index in [0.29, 0.717) is 5.69 Å². The van der Waals surface area contributed by atoms with Crippen LogP contribution in [0.1, 0.15) is 10.5 Å². The lowest BCUT2D eigenvalue weighted by Crippen LogP contribution is -2.17. The first-order chi connectivity index (χ1) is 9.97. The number of anilines is 2. The smallest absolute Gasteiger partial charge is 0.271 e. The maximum Gasteiger partial charge on any atom is 0.271 e. The van der Waals surface area contributed by atoms with Crippen LogP contribution >= 0.6 is 12.1 Å². The monoisotopic (exact) mass is 304 g/mol. The van der Waals surface area contributed by atoms with Crippen LogP contribution in [-0.4, -0.2) is 34.3 Å². The van der Waals surface area contributed by atoms with Gasteiger partial charge in [0, 0.05) is 23.4 Å². The summed E-state index contributed by atoms with van der Waals surface area (Å²) in [4.78, 5) is 19.4. The lowest BCUT2D eigenvalue weighted by molar-refractivity contribution is 0.0996. The zero-order chi connectivity index (χ0) is 15.4. The number of hydrogen-bond donors (Lipinski definition) is 3. The zero-order valence-electron chi connectivity index (χ0n) is 11.7. The zero-order valence-corrected chi connectivity index (χ0v) is 12.5. The first-order valence-corrected chi connectivity index (χ1v) is 6.88. The Morgan fingerprint density at radius 3 is 2.81 bits per heavy atom. The summed E-state index contributed by atoms with van der Waals surface area (Å²) in [6, 6.07) is 7.59. The number of nitrogen functional groups attached to an aromatic ring is 1. The molecular weight excluding hydrogens is 288 g/mol. The SMILES string of the molecule is CN(C)SNc1cccc(-c2cnc(N)c(C(N)=O)n2)c1. The van der Waals surface area contributed by atoms with Crippen molar-refractivity contribution in [1.82, 2.24) is 14.3 Å². The van der Waals surface area contributed by atoms with Crippen LogP contribution in [-0.2, 0) is 0 Å². The molecule has 2 rings (SSSR count). The molecular formula is C13H16N6OS. The van der Waals surface area contributed by atoms with Crippen LogP contribution in [0, 0.1) is 0 Å². The molecule has 0 aliphatic rings. The van der Waals surface area contributed by atoms with Gasteiger partial charge in [0.25, 0.3) is 5.91 Å². The minimum absolute atomic E-state index is 0.0199. The van der Waals surface area contributed by atoms with Gasteiger partial charge in [-0.05, 0) is 26.2 Å². The van der Waals surface area contributed by atoms with Gasteiger partial charge < -0.3 is 16.2 Å². The Hall–Kier alpha value is -2.32. The Bertz CT molecular complexity index is 661. The lowest BCUT2D eigenvalue weighted by Gasteiger charge is -2.11. The van der Waals surface area contributed by atoms with Crippen molar-refractivity contribution in [2.75, 3.05) is 24.6 Å². The third kappa shape index (κ3) is 3.83. The number of aromatic nitrogens is 2. The number of nitrogens with one attached hydrogen (secondary N) is 1. The molecule has 0 fully saturated rings. The molecule has 110 valence electrons. The number of primary amides is 1. The molecule has 0 aliphatic heterocycles. The number of carbonyl (C=O) groups is 1. The Labute approximate surface area is 127 Å². The lowest BCUT2D eigenvalue weighted by atomic mass is 10.1. The van der Waals surface area contributed by atoms with E-state index in [1.165, 1.54) is 18.3 Å². The van der Waals surface area contributed by atoms with E-state index < -0.39 is 5.91 Å². The molecule has 2 aromatic rings. The molecule has 0 bridgehead atoms. The Kier molecular flexibility index (Phi) is 4.61. The van der Waals surface area contributed by atoms with E-state index in [1.54, 1.807) is 0 Å². The average molecular weight is 304 g/mol. The maximum absolute atomic E-state index is 11.3. The summed E-state index contributed by atoms with van der Waals surface area (Å²) in [5.41, 5.74) is 13.1. The highest BCUT2D eigenvalue weighted by Crippen LogP contribution is 2.23. The standard InChI is InChI=1S/C13H16N6OS/c1-19(2)21-18-9-5-3-4-8(6-9)10-7-16-12(14)11(17-10)13(15)20/h3-7,18H,1-2H3,(H2,14,16)(H2,15,20). The first kappa shape index (κ1) is 15.1. The van der Waals surface area contributed by atoms with Crippen LogP contribution in [0.15, 0.2) is 30.5 Å². The van der Waals surface area contributed by atoms with Gasteiger partial charge in [0.2, 0.25) is 0 Å². The Morgan fingerprint density at radius 2 is 2.14 bits per heavy atom. The molecule has 0 aliphatic carbocycles. The van der Waals surface area contributed by atoms with Crippen molar-refractivity contribution in [3.05, 3.63) is 36.2 Å². The topological polar surface area (TPSA) is 110 Å². The van der Waals surface area contributed by atoms with Crippen molar-refractivity contribution in [3.63, 3.8) is 0 Å². The predicted molar refractivity (Wildman–Crippen MR) is 85.3 cm³/mol. The number of nitrogens with zero attached hydrogens (tertiary/aromatic N) is 3. The molecule has 0 spiro atoms. The van der Waals surface area contributed by atoms with Gasteiger partial charge in [0.1, 0.15) is 0 Å². The normalized spacial score (nSPS) is 10.6. The van der Waals surface area contributed by atoms with Gasteiger partial charge in [-0.15, -0.1) is 0 Å². The molecule has 1 aromatic carbocycles. The van der Waals surface area contributed by atoms with E-state index in [1.807, 2.05) is 42.7 Å². The number of carbonyl (C=O) groups excluding carboxylic acids is 1. The summed E-state index contributed by atoms with van der Waals surface area (Å²) in [7, 11) is 3.87. The van der Waals surface area contributed by atoms with Crippen molar-refractivity contribution in [2.24, 2.45) is 5.73 Å². The van der Waals surface area contributed by atoms with Crippen LogP contribution in [0.5, 0.6) is 0 Å². The van der Waals surface area contributed by atoms with Crippen molar-refractivity contribution >= 4 is 29.5 Å². The highest BCUT2D eigenvalue weighted by atomic mass is 32.2. The third-order valence-corrected chi connectivity index (χ3v) is 3.23. The Morgan fingerprint density at radius 1 is 1.38 bits per heavy atom. The minimum atomic E-state index is -0.695. The van der Waals surface area contributed by atoms with E-state index in [0.717, 1.165) is 11.3 Å². The number of hydrogen-bond acceptors (Lipinski definition) is 7. The third-order valence-electron chi connectivity index (χ3n) is 2.54. The van der Waals surface area contributed by atoms with Crippen molar-refractivity contribution in [2.45, 2.75) is 0 Å². The highest BCUT2D eigenvalue weighted by Gasteiger charge is 2.11. The summed E-state index contributed by atoms with van der Waals surface area (Å²) >= 11 is 1.45. The van der Waals surface area contributed by atoms with E-state index in [4.69, 9.17) is 11.5 Å². The first-order valence-electron chi connectivity index (χ1n) is 6.10. The van der Waals surface area contributed by atoms with E-state index in [9.17, 15) is 4.79 Å². The maximum atomic E-state index is 11.3. The minimum Gasteiger partial charge on any atom is -0.382 e. The summed E-state index contributed by atoms with van der Waals surface area (Å²) in [6.07, 6.45) is 1.51. The van der Waals surface area contributed by atoms with Crippen LogP contribution in [0.4, 0.5) is 11.5 Å². The molecule has 7 nitrogen and oxygen atoms in total. The van der Waals surface area contributed by atoms with Crippen LogP contribution < -0.4 is 16.2 Å². The highest BCUT2D eigenvalue weighted by molar-refractivity contribution is 7.98. The van der Waals surface area contributed by atoms with Gasteiger partial charge in [-0.2, -0.15) is 0 Å². The fraction of sp³-hybridized carbons (Fsp3) is 0.154. The van der Waals surface area contributed by atoms with Gasteiger partial charge in [-0.1, -0.05) is 12.1 Å². The second-order valence-electron chi connectivity index (χ2n) is 4.44. The summed E-state index contributed by atoms with van der Waals surface area (Å²) in [5, 5.41) is 0. The number of rotatable bonds is 5. The van der Waals surface area contributed by atoms with Gasteiger partial charge in [-0.25, -0.2) is 14.3 Å². The van der Waals surface area contributed by atoms with Crippen molar-refractivity contribution in [1.29, 1.82) is 0 Å². The molecule has 0 saturated carbocycles. The van der Waals surface area contributed by atoms with Crippen LogP contribution in [0.3, 0.4) is 0 Å². The summed E-state index contributed by atoms with van der Waals surface area (Å²) in [6.45, 7) is 0. The number of amides is 1. The molecule has 0 radical (unpaired) electrons. The molecule has 0 saturated heterocycles. The fourth-order valence-electron chi connectivity index (χ4n) is 1.60. The Balaban J connectivity index is 2.31. The van der Waals surface area contributed by atoms with Crippen LogP contribution in [0.25, 0.3) is 11.3 Å². The molecule has 8 heteroatoms. The number of nitrogens with two attached hydrogens (primary N) is 2. The molecule has 0 atom stereocenters. The van der Waals surface area contributed by atoms with Crippen molar-refractivity contribution < 1.29 is 4.79 Å². The van der Waals surface area contributed by atoms with E-state index >= 15 is 0 Å². The largest absolute Gasteiger partial charge is 0.382 e. The molecule has 0 unspecified atom stereocenters. The second kappa shape index (κ2) is 6.42. The molecule has 5 N–H and O–H groups in total. The summed E-state index contributed by atoms with van der Waals surface area (Å²) in [5.74, 6) is -0.664. The molecule has 21 heavy (non-hydrogen) atoms. The van der Waals surface area contributed by atoms with E-state index in [-0.39, 0.29) is 11.5 Å². The van der Waals surface area contributed by atoms with Gasteiger partial charge in [-0.3, -0.25) is 4.79 Å². The number of benzene rings is 1. The van der Waals surface area contributed by atoms with Crippen LogP contribution in [0.2, 0.25) is 0 Å². The quantitative estimate of drug-likeness (QED) is 0.715. The van der Waals surface area contributed by atoms with Gasteiger partial charge in [0.05, 0.1) is 11.9 Å². The van der Waals surface area contributed by atoms with Gasteiger partial charge >= 0.3 is 0 Å². The van der Waals surface area contributed by atoms with Crippen molar-refractivity contribution in [3.8, 4) is 11.3 Å². The molecule has 1 heterocycles. The summed E-state index contributed by atoms with van der Waals surface area (Å²) < 4.78 is 5.11. The predicted octanol–water partition coefficient (Wildman–Crippen LogP) is 1.36. The van der Waals surface area contributed by atoms with E-state index in [2.05, 4.69) is 14.7 Å². The molecule has 1 aromatic heterocycles. The second-order valence-corrected chi connectivity index (χ2v) is 5.56. The van der Waals surface area contributed by atoms with Gasteiger partial charge in [0.15, 0.2) is 11.5 Å². The molecule has 1 amide bonds. The fourth-order valence-corrected chi connectivity index (χ4v) is 2.02. The average Bonchev–Trinajstić information content (AvgIpc) is 2.45.